The Balaban J connectivity index is 2.26. The van der Waals surface area contributed by atoms with Crippen molar-refractivity contribution >= 4 is 16.0 Å². The molecule has 2 rings (SSSR count). The van der Waals surface area contributed by atoms with Crippen molar-refractivity contribution in [1.29, 1.82) is 0 Å². The lowest BCUT2D eigenvalue weighted by atomic mass is 10.2. The molecule has 1 aliphatic carbocycles. The van der Waals surface area contributed by atoms with Gasteiger partial charge in [0.15, 0.2) is 0 Å². The fraction of sp³-hybridized carbons (Fsp3) is 0.500. The summed E-state index contributed by atoms with van der Waals surface area (Å²) in [7, 11) is -2.43. The van der Waals surface area contributed by atoms with E-state index in [1.807, 2.05) is 0 Å². The lowest BCUT2D eigenvalue weighted by Crippen LogP contribution is -2.27. The number of hydrogen-bond acceptors (Lipinski definition) is 4. The Hall–Kier alpha value is -1.60. The maximum Gasteiger partial charge on any atom is 0.335 e. The van der Waals surface area contributed by atoms with E-state index in [0.29, 0.717) is 5.92 Å². The lowest BCUT2D eigenvalue weighted by Gasteiger charge is -2.11. The number of sulfonamides is 1. The molecule has 0 heterocycles. The molecule has 1 aliphatic rings. The Morgan fingerprint density at radius 1 is 1.48 bits per heavy atom. The topological polar surface area (TPSA) is 92.7 Å². The zero-order valence-corrected chi connectivity index (χ0v) is 12.8. The summed E-state index contributed by atoms with van der Waals surface area (Å²) in [6, 6.07) is 3.74. The highest BCUT2D eigenvalue weighted by Gasteiger charge is 2.40. The molecule has 21 heavy (non-hydrogen) atoms. The van der Waals surface area contributed by atoms with Gasteiger partial charge in [-0.3, -0.25) is 0 Å². The van der Waals surface area contributed by atoms with Crippen molar-refractivity contribution in [3.05, 3.63) is 23.8 Å². The van der Waals surface area contributed by atoms with E-state index in [2.05, 4.69) is 11.6 Å². The van der Waals surface area contributed by atoms with Crippen molar-refractivity contribution in [2.24, 2.45) is 5.92 Å². The standard InChI is InChI=1S/C14H19NO5S/c1-3-4-9-7-11(9)15-21(18,19)13-8-10(14(16)17)5-6-12(13)20-2/h5-6,8-9,11,15H,3-4,7H2,1-2H3,(H,16,17). The molecular weight excluding hydrogens is 294 g/mol. The van der Waals surface area contributed by atoms with E-state index in [1.54, 1.807) is 0 Å². The summed E-state index contributed by atoms with van der Waals surface area (Å²) in [5.41, 5.74) is -0.0860. The lowest BCUT2D eigenvalue weighted by molar-refractivity contribution is 0.0696. The number of ether oxygens (including phenoxy) is 1. The van der Waals surface area contributed by atoms with Crippen LogP contribution in [-0.4, -0.2) is 32.6 Å². The number of carbonyl (C=O) groups is 1. The van der Waals surface area contributed by atoms with Gasteiger partial charge in [-0.2, -0.15) is 0 Å². The first-order chi connectivity index (χ1) is 9.89. The first-order valence-electron chi connectivity index (χ1n) is 6.82. The van der Waals surface area contributed by atoms with Crippen LogP contribution in [0.15, 0.2) is 23.1 Å². The fourth-order valence-corrected chi connectivity index (χ4v) is 3.88. The van der Waals surface area contributed by atoms with Crippen LogP contribution in [0.25, 0.3) is 0 Å². The number of carboxylic acid groups (broad SMARTS) is 1. The smallest absolute Gasteiger partial charge is 0.335 e. The first-order valence-corrected chi connectivity index (χ1v) is 8.31. The molecule has 1 saturated carbocycles. The van der Waals surface area contributed by atoms with Crippen LogP contribution < -0.4 is 9.46 Å². The molecule has 0 aliphatic heterocycles. The SMILES string of the molecule is CCCC1CC1NS(=O)(=O)c1cc(C(=O)O)ccc1OC. The van der Waals surface area contributed by atoms with Gasteiger partial charge in [-0.1, -0.05) is 13.3 Å². The molecule has 0 spiro atoms. The van der Waals surface area contributed by atoms with Gasteiger partial charge in [0.1, 0.15) is 10.6 Å². The molecule has 2 atom stereocenters. The number of hydrogen-bond donors (Lipinski definition) is 2. The van der Waals surface area contributed by atoms with Crippen molar-refractivity contribution in [3.63, 3.8) is 0 Å². The van der Waals surface area contributed by atoms with Crippen molar-refractivity contribution in [3.8, 4) is 5.75 Å². The Morgan fingerprint density at radius 3 is 2.76 bits per heavy atom. The van der Waals surface area contributed by atoms with Crippen molar-refractivity contribution < 1.29 is 23.1 Å². The molecule has 2 unspecified atom stereocenters. The predicted molar refractivity (Wildman–Crippen MR) is 77.1 cm³/mol. The van der Waals surface area contributed by atoms with Gasteiger partial charge in [-0.15, -0.1) is 0 Å². The van der Waals surface area contributed by atoms with Gasteiger partial charge in [-0.05, 0) is 37.0 Å². The number of carboxylic acids is 1. The molecule has 0 amide bonds. The Bertz CT molecular complexity index is 641. The summed E-state index contributed by atoms with van der Waals surface area (Å²) in [6.45, 7) is 2.06. The summed E-state index contributed by atoms with van der Waals surface area (Å²) in [5.74, 6) is -0.664. The molecule has 1 fully saturated rings. The van der Waals surface area contributed by atoms with Crippen LogP contribution in [0.3, 0.4) is 0 Å². The second-order valence-electron chi connectivity index (χ2n) is 5.18. The van der Waals surface area contributed by atoms with Crippen molar-refractivity contribution in [1.82, 2.24) is 4.72 Å². The normalized spacial score (nSPS) is 21.0. The first kappa shape index (κ1) is 15.8. The number of benzene rings is 1. The van der Waals surface area contributed by atoms with Crippen LogP contribution in [0.1, 0.15) is 36.5 Å². The van der Waals surface area contributed by atoms with E-state index >= 15 is 0 Å². The molecular formula is C14H19NO5S. The van der Waals surface area contributed by atoms with E-state index in [9.17, 15) is 13.2 Å². The van der Waals surface area contributed by atoms with Crippen molar-refractivity contribution in [2.75, 3.05) is 7.11 Å². The van der Waals surface area contributed by atoms with Crippen LogP contribution in [0, 0.1) is 5.92 Å². The molecule has 2 N–H and O–H groups in total. The molecule has 0 bridgehead atoms. The van der Waals surface area contributed by atoms with Gasteiger partial charge in [0.2, 0.25) is 10.0 Å². The summed E-state index contributed by atoms with van der Waals surface area (Å²) >= 11 is 0. The van der Waals surface area contributed by atoms with Gasteiger partial charge in [0.05, 0.1) is 12.7 Å². The number of nitrogens with one attached hydrogen (secondary N) is 1. The van der Waals surface area contributed by atoms with Gasteiger partial charge in [-0.25, -0.2) is 17.9 Å². The summed E-state index contributed by atoms with van der Waals surface area (Å²) in [6.07, 6.45) is 2.83. The number of rotatable bonds is 7. The van der Waals surface area contributed by atoms with E-state index in [1.165, 1.54) is 19.2 Å². The Labute approximate surface area is 124 Å². The molecule has 7 heteroatoms. The quantitative estimate of drug-likeness (QED) is 0.801. The third-order valence-electron chi connectivity index (χ3n) is 3.59. The van der Waals surface area contributed by atoms with Crippen LogP contribution >= 0.6 is 0 Å². The highest BCUT2D eigenvalue weighted by atomic mass is 32.2. The maximum atomic E-state index is 12.4. The highest BCUT2D eigenvalue weighted by molar-refractivity contribution is 7.89. The molecule has 0 radical (unpaired) electrons. The largest absolute Gasteiger partial charge is 0.495 e. The minimum absolute atomic E-state index is 0.0619. The zero-order chi connectivity index (χ0) is 15.6. The van der Waals surface area contributed by atoms with E-state index in [0.717, 1.165) is 25.3 Å². The van der Waals surface area contributed by atoms with Gasteiger partial charge < -0.3 is 9.84 Å². The monoisotopic (exact) mass is 313 g/mol. The second-order valence-corrected chi connectivity index (χ2v) is 6.87. The Kier molecular flexibility index (Phi) is 4.53. The summed E-state index contributed by atoms with van der Waals surface area (Å²) in [5, 5.41) is 8.99. The van der Waals surface area contributed by atoms with Crippen LogP contribution in [0.4, 0.5) is 0 Å². The number of aromatic carboxylic acids is 1. The minimum Gasteiger partial charge on any atom is -0.495 e. The van der Waals surface area contributed by atoms with Gasteiger partial charge in [0, 0.05) is 6.04 Å². The maximum absolute atomic E-state index is 12.4. The summed E-state index contributed by atoms with van der Waals surface area (Å²) in [4.78, 5) is 10.9. The fourth-order valence-electron chi connectivity index (χ4n) is 2.36. The second kappa shape index (κ2) is 6.03. The predicted octanol–water partition coefficient (Wildman–Crippen LogP) is 1.86. The average molecular weight is 313 g/mol. The van der Waals surface area contributed by atoms with E-state index in [4.69, 9.17) is 9.84 Å². The number of methoxy groups -OCH3 is 1. The van der Waals surface area contributed by atoms with Crippen molar-refractivity contribution in [2.45, 2.75) is 37.1 Å². The molecule has 1 aromatic rings. The highest BCUT2D eigenvalue weighted by Crippen LogP contribution is 2.36. The molecule has 6 nitrogen and oxygen atoms in total. The minimum atomic E-state index is -3.79. The average Bonchev–Trinajstić information content (AvgIpc) is 3.15. The zero-order valence-electron chi connectivity index (χ0n) is 12.0. The third-order valence-corrected chi connectivity index (χ3v) is 5.10. The third kappa shape index (κ3) is 3.54. The molecule has 0 saturated heterocycles. The van der Waals surface area contributed by atoms with Crippen LogP contribution in [0.2, 0.25) is 0 Å². The Morgan fingerprint density at radius 2 is 2.19 bits per heavy atom. The molecule has 1 aromatic carbocycles. The van der Waals surface area contributed by atoms with E-state index < -0.39 is 16.0 Å². The van der Waals surface area contributed by atoms with Crippen LogP contribution in [-0.2, 0) is 10.0 Å². The van der Waals surface area contributed by atoms with Crippen LogP contribution in [0.5, 0.6) is 5.75 Å². The van der Waals surface area contributed by atoms with Gasteiger partial charge in [0.25, 0.3) is 0 Å². The van der Waals surface area contributed by atoms with Gasteiger partial charge >= 0.3 is 5.97 Å². The molecule has 116 valence electrons. The molecule has 0 aromatic heterocycles. The summed E-state index contributed by atoms with van der Waals surface area (Å²) < 4.78 is 32.5. The van der Waals surface area contributed by atoms with E-state index in [-0.39, 0.29) is 22.3 Å².